The average molecular weight is 435 g/mol. The molecule has 2 aliphatic rings. The Kier molecular flexibility index (Phi) is 4.11. The fourth-order valence-corrected chi connectivity index (χ4v) is 6.19. The van der Waals surface area contributed by atoms with Crippen LogP contribution >= 0.6 is 0 Å². The van der Waals surface area contributed by atoms with Crippen LogP contribution in [0.3, 0.4) is 0 Å². The molecule has 2 aliphatic carbocycles. The van der Waals surface area contributed by atoms with E-state index >= 15 is 0 Å². The van der Waals surface area contributed by atoms with Crippen LogP contribution in [0.5, 0.6) is 5.75 Å². The molecule has 5 aromatic rings. The maximum absolute atomic E-state index is 9.19. The molecule has 0 unspecified atom stereocenters. The first kappa shape index (κ1) is 19.4. The van der Waals surface area contributed by atoms with Gasteiger partial charge in [-0.2, -0.15) is 0 Å². The molecule has 159 valence electrons. The van der Waals surface area contributed by atoms with Gasteiger partial charge in [0, 0.05) is 0 Å². The highest BCUT2D eigenvalue weighted by Gasteiger charge is 2.52. The van der Waals surface area contributed by atoms with Gasteiger partial charge in [0.15, 0.2) is 0 Å². The highest BCUT2D eigenvalue weighted by atomic mass is 16.5. The first-order valence-corrected chi connectivity index (χ1v) is 11.5. The van der Waals surface area contributed by atoms with Crippen LogP contribution in [0.25, 0.3) is 33.4 Å². The van der Waals surface area contributed by atoms with Crippen LogP contribution in [-0.4, -0.2) is 12.7 Å². The van der Waals surface area contributed by atoms with Crippen molar-refractivity contribution in [2.24, 2.45) is 0 Å². The lowest BCUT2D eigenvalue weighted by Gasteiger charge is -2.32. The lowest BCUT2D eigenvalue weighted by molar-refractivity contribution is 0.454. The summed E-state index contributed by atoms with van der Waals surface area (Å²) in [5.74, 6) is 0.606. The minimum absolute atomic E-state index is 0.393. The van der Waals surface area contributed by atoms with Crippen LogP contribution in [0.15, 0.2) is 115 Å². The second-order valence-electron chi connectivity index (χ2n) is 8.87. The number of hydrogen-bond acceptors (Lipinski definition) is 2. The van der Waals surface area contributed by atoms with Gasteiger partial charge in [-0.3, -0.25) is 0 Å². The van der Waals surface area contributed by atoms with Crippen molar-refractivity contribution < 1.29 is 9.68 Å². The molecule has 1 N–H and O–H groups in total. The van der Waals surface area contributed by atoms with Crippen LogP contribution in [0.4, 0.5) is 0 Å². The fourth-order valence-electron chi connectivity index (χ4n) is 6.19. The molecule has 0 aromatic heterocycles. The van der Waals surface area contributed by atoms with E-state index in [1.807, 2.05) is 18.2 Å². The highest BCUT2D eigenvalue weighted by molar-refractivity contribution is 6.17. The maximum atomic E-state index is 9.19. The number of fused-ring (bicyclic) bond motifs is 10. The van der Waals surface area contributed by atoms with Gasteiger partial charge in [-0.25, -0.2) is 0 Å². The summed E-state index contributed by atoms with van der Waals surface area (Å²) < 4.78 is 5.31. The highest BCUT2D eigenvalue weighted by Crippen LogP contribution is 2.64. The molecule has 3 heteroatoms. The molecular formula is C31H20BO2. The standard InChI is InChI=1S/C31H20BO2/c33-32-34-21-10-7-9-20(19-21)22-14-8-15-26-25-13-3-6-18-29(25)31(30(22)26)27-16-4-1-11-23(27)24-12-2-5-17-28(24)31/h1-19,33H. The Hall–Kier alpha value is -4.08. The van der Waals surface area contributed by atoms with Crippen molar-refractivity contribution >= 4 is 7.69 Å². The number of rotatable bonds is 3. The summed E-state index contributed by atoms with van der Waals surface area (Å²) in [6, 6.07) is 41.0. The van der Waals surface area contributed by atoms with Crippen LogP contribution < -0.4 is 4.65 Å². The monoisotopic (exact) mass is 435 g/mol. The largest absolute Gasteiger partial charge is 0.569 e. The van der Waals surface area contributed by atoms with Crippen molar-refractivity contribution in [2.45, 2.75) is 5.41 Å². The summed E-state index contributed by atoms with van der Waals surface area (Å²) in [4.78, 5) is 0. The van der Waals surface area contributed by atoms with Gasteiger partial charge in [-0.1, -0.05) is 103 Å². The van der Waals surface area contributed by atoms with E-state index in [4.69, 9.17) is 4.65 Å². The van der Waals surface area contributed by atoms with E-state index in [2.05, 4.69) is 97.1 Å². The zero-order valence-corrected chi connectivity index (χ0v) is 18.4. The lowest BCUT2D eigenvalue weighted by atomic mass is 9.68. The molecule has 0 heterocycles. The smallest absolute Gasteiger partial charge is 0.537 e. The third-order valence-corrected chi connectivity index (χ3v) is 7.35. The predicted molar refractivity (Wildman–Crippen MR) is 137 cm³/mol. The van der Waals surface area contributed by atoms with Gasteiger partial charge in [0.2, 0.25) is 0 Å². The van der Waals surface area contributed by atoms with E-state index in [0.717, 1.165) is 13.2 Å². The third-order valence-electron chi connectivity index (χ3n) is 7.35. The first-order chi connectivity index (χ1) is 16.8. The Balaban J connectivity index is 1.64. The van der Waals surface area contributed by atoms with Crippen molar-refractivity contribution in [3.8, 4) is 39.1 Å². The van der Waals surface area contributed by atoms with Crippen LogP contribution in [0.2, 0.25) is 0 Å². The van der Waals surface area contributed by atoms with Crippen molar-refractivity contribution in [2.75, 3.05) is 0 Å². The van der Waals surface area contributed by atoms with Gasteiger partial charge >= 0.3 is 7.69 Å². The van der Waals surface area contributed by atoms with Crippen molar-refractivity contribution in [1.29, 1.82) is 0 Å². The van der Waals surface area contributed by atoms with E-state index in [0.29, 0.717) is 5.75 Å². The number of hydrogen-bond donors (Lipinski definition) is 1. The Morgan fingerprint density at radius 1 is 0.529 bits per heavy atom. The summed E-state index contributed by atoms with van der Waals surface area (Å²) in [5.41, 5.74) is 12.2. The SMILES string of the molecule is O[B]Oc1cccc(-c2cccc3c2C2(c4ccccc4-c4ccccc42)c2ccccc2-3)c1. The van der Waals surface area contributed by atoms with Gasteiger partial charge in [-0.15, -0.1) is 0 Å². The van der Waals surface area contributed by atoms with Crippen LogP contribution in [-0.2, 0) is 5.41 Å². The minimum atomic E-state index is -0.393. The maximum Gasteiger partial charge on any atom is 0.569 e. The molecule has 0 fully saturated rings. The second kappa shape index (κ2) is 7.21. The Bertz CT molecular complexity index is 1520. The summed E-state index contributed by atoms with van der Waals surface area (Å²) in [6.45, 7) is 0. The Morgan fingerprint density at radius 2 is 1.03 bits per heavy atom. The van der Waals surface area contributed by atoms with Crippen molar-refractivity contribution in [3.05, 3.63) is 138 Å². The summed E-state index contributed by atoms with van der Waals surface area (Å²) in [7, 11) is 0.731. The molecule has 0 saturated carbocycles. The average Bonchev–Trinajstić information content (AvgIpc) is 3.37. The molecule has 0 bridgehead atoms. The molecular weight excluding hydrogens is 415 g/mol. The zero-order chi connectivity index (χ0) is 22.7. The van der Waals surface area contributed by atoms with E-state index in [1.165, 1.54) is 50.1 Å². The molecule has 1 spiro atoms. The molecule has 1 radical (unpaired) electrons. The number of benzene rings is 5. The Labute approximate surface area is 199 Å². The van der Waals surface area contributed by atoms with E-state index in [-0.39, 0.29) is 0 Å². The molecule has 2 nitrogen and oxygen atoms in total. The summed E-state index contributed by atoms with van der Waals surface area (Å²) in [6.07, 6.45) is 0. The summed E-state index contributed by atoms with van der Waals surface area (Å²) >= 11 is 0. The van der Waals surface area contributed by atoms with Crippen LogP contribution in [0, 0.1) is 0 Å². The molecule has 0 aliphatic heterocycles. The lowest BCUT2D eigenvalue weighted by Crippen LogP contribution is -2.26. The molecule has 0 amide bonds. The van der Waals surface area contributed by atoms with Crippen LogP contribution in [0.1, 0.15) is 22.3 Å². The molecule has 5 aromatic carbocycles. The van der Waals surface area contributed by atoms with Gasteiger partial charge in [0.25, 0.3) is 0 Å². The van der Waals surface area contributed by atoms with E-state index in [1.54, 1.807) is 0 Å². The zero-order valence-electron chi connectivity index (χ0n) is 18.4. The van der Waals surface area contributed by atoms with E-state index in [9.17, 15) is 5.02 Å². The summed E-state index contributed by atoms with van der Waals surface area (Å²) in [5, 5.41) is 9.19. The Morgan fingerprint density at radius 3 is 1.65 bits per heavy atom. The first-order valence-electron chi connectivity index (χ1n) is 11.5. The minimum Gasteiger partial charge on any atom is -0.537 e. The molecule has 0 saturated heterocycles. The van der Waals surface area contributed by atoms with Crippen molar-refractivity contribution in [3.63, 3.8) is 0 Å². The van der Waals surface area contributed by atoms with Gasteiger partial charge in [0.1, 0.15) is 5.75 Å². The second-order valence-corrected chi connectivity index (χ2v) is 8.87. The van der Waals surface area contributed by atoms with E-state index < -0.39 is 5.41 Å². The third kappa shape index (κ3) is 2.40. The van der Waals surface area contributed by atoms with Gasteiger partial charge in [0.05, 0.1) is 5.41 Å². The van der Waals surface area contributed by atoms with Gasteiger partial charge < -0.3 is 9.68 Å². The van der Waals surface area contributed by atoms with Crippen molar-refractivity contribution in [1.82, 2.24) is 0 Å². The topological polar surface area (TPSA) is 29.5 Å². The molecule has 7 rings (SSSR count). The molecule has 0 atom stereocenters. The quantitative estimate of drug-likeness (QED) is 0.317. The predicted octanol–water partition coefficient (Wildman–Crippen LogP) is 6.60. The fraction of sp³-hybridized carbons (Fsp3) is 0.0323. The normalized spacial score (nSPS) is 13.7. The van der Waals surface area contributed by atoms with Gasteiger partial charge in [-0.05, 0) is 67.8 Å². The molecule has 34 heavy (non-hydrogen) atoms.